The smallest absolute Gasteiger partial charge is 0.321 e. The van der Waals surface area contributed by atoms with Gasteiger partial charge in [0.15, 0.2) is 0 Å². The van der Waals surface area contributed by atoms with Crippen LogP contribution in [0.1, 0.15) is 13.8 Å². The number of urea groups is 1. The number of rotatable bonds is 6. The molecule has 3 amide bonds. The zero-order valence-electron chi connectivity index (χ0n) is 11.6. The van der Waals surface area contributed by atoms with Crippen LogP contribution >= 0.6 is 11.8 Å². The summed E-state index contributed by atoms with van der Waals surface area (Å²) in [6.07, 6.45) is 0. The first-order valence-corrected chi connectivity index (χ1v) is 7.28. The number of imide groups is 1. The molecule has 0 saturated heterocycles. The Morgan fingerprint density at radius 1 is 1.35 bits per heavy atom. The Kier molecular flexibility index (Phi) is 6.72. The van der Waals surface area contributed by atoms with Crippen LogP contribution in [-0.4, -0.2) is 30.8 Å². The van der Waals surface area contributed by atoms with Gasteiger partial charge in [-0.05, 0) is 32.0 Å². The van der Waals surface area contributed by atoms with Gasteiger partial charge in [-0.1, -0.05) is 0 Å². The van der Waals surface area contributed by atoms with E-state index in [9.17, 15) is 9.59 Å². The van der Waals surface area contributed by atoms with Gasteiger partial charge < -0.3 is 15.8 Å². The Hall–Kier alpha value is -1.89. The fourth-order valence-electron chi connectivity index (χ4n) is 1.41. The number of ether oxygens (including phenoxy) is 1. The van der Waals surface area contributed by atoms with Crippen molar-refractivity contribution in [3.63, 3.8) is 0 Å². The number of anilines is 1. The number of thioether (sulfide) groups is 1. The van der Waals surface area contributed by atoms with Crippen LogP contribution in [-0.2, 0) is 4.79 Å². The van der Waals surface area contributed by atoms with Gasteiger partial charge in [-0.25, -0.2) is 4.79 Å². The predicted molar refractivity (Wildman–Crippen MR) is 80.0 cm³/mol. The number of carbonyl (C=O) groups excluding carboxylic acids is 2. The molecule has 0 aliphatic heterocycles. The van der Waals surface area contributed by atoms with Gasteiger partial charge >= 0.3 is 6.03 Å². The summed E-state index contributed by atoms with van der Waals surface area (Å²) in [5.74, 6) is 0.437. The largest absolute Gasteiger partial charge is 0.494 e. The molecule has 1 aromatic rings. The van der Waals surface area contributed by atoms with Crippen LogP contribution in [0.5, 0.6) is 5.75 Å². The lowest BCUT2D eigenvalue weighted by molar-refractivity contribution is -0.117. The van der Waals surface area contributed by atoms with Crippen molar-refractivity contribution in [3.05, 3.63) is 18.2 Å². The van der Waals surface area contributed by atoms with Crippen molar-refractivity contribution in [1.29, 1.82) is 0 Å². The van der Waals surface area contributed by atoms with Crippen molar-refractivity contribution >= 4 is 29.4 Å². The fraction of sp³-hybridized carbons (Fsp3) is 0.385. The molecule has 0 heterocycles. The van der Waals surface area contributed by atoms with Gasteiger partial charge in [0, 0.05) is 17.1 Å². The van der Waals surface area contributed by atoms with Crippen molar-refractivity contribution in [1.82, 2.24) is 10.6 Å². The highest BCUT2D eigenvalue weighted by Gasteiger charge is 2.09. The molecule has 7 heteroatoms. The van der Waals surface area contributed by atoms with Crippen LogP contribution in [0, 0.1) is 0 Å². The Bertz CT molecular complexity index is 480. The summed E-state index contributed by atoms with van der Waals surface area (Å²) in [6.45, 7) is 4.70. The molecular formula is C13H19N3O3S. The van der Waals surface area contributed by atoms with E-state index in [1.165, 1.54) is 11.8 Å². The van der Waals surface area contributed by atoms with Crippen LogP contribution < -0.4 is 21.1 Å². The third-order valence-electron chi connectivity index (χ3n) is 2.25. The molecule has 0 unspecified atom stereocenters. The summed E-state index contributed by atoms with van der Waals surface area (Å²) >= 11 is 1.26. The summed E-state index contributed by atoms with van der Waals surface area (Å²) in [5, 5.41) is 4.72. The molecule has 0 aromatic heterocycles. The lowest BCUT2D eigenvalue weighted by Gasteiger charge is -2.09. The molecule has 0 aliphatic carbocycles. The number of hydrogen-bond donors (Lipinski definition) is 3. The highest BCUT2D eigenvalue weighted by Crippen LogP contribution is 2.29. The van der Waals surface area contributed by atoms with Gasteiger partial charge in [0.2, 0.25) is 5.91 Å². The van der Waals surface area contributed by atoms with E-state index in [0.717, 1.165) is 4.90 Å². The summed E-state index contributed by atoms with van der Waals surface area (Å²) in [4.78, 5) is 23.5. The molecule has 1 rings (SSSR count). The molecule has 0 radical (unpaired) electrons. The number of nitrogen functional groups attached to an aromatic ring is 1. The van der Waals surface area contributed by atoms with Crippen molar-refractivity contribution in [2.24, 2.45) is 0 Å². The summed E-state index contributed by atoms with van der Waals surface area (Å²) in [5.41, 5.74) is 6.41. The van der Waals surface area contributed by atoms with Gasteiger partial charge in [-0.2, -0.15) is 0 Å². The number of hydrogen-bond acceptors (Lipinski definition) is 5. The van der Waals surface area contributed by atoms with E-state index in [1.54, 1.807) is 25.1 Å². The maximum atomic E-state index is 11.6. The summed E-state index contributed by atoms with van der Waals surface area (Å²) in [6, 6.07) is 4.80. The minimum Gasteiger partial charge on any atom is -0.494 e. The number of carbonyl (C=O) groups is 2. The Morgan fingerprint density at radius 3 is 2.75 bits per heavy atom. The quantitative estimate of drug-likeness (QED) is 0.548. The summed E-state index contributed by atoms with van der Waals surface area (Å²) < 4.78 is 5.37. The molecule has 1 aromatic carbocycles. The lowest BCUT2D eigenvalue weighted by atomic mass is 10.3. The van der Waals surface area contributed by atoms with Crippen LogP contribution in [0.15, 0.2) is 23.1 Å². The van der Waals surface area contributed by atoms with Crippen LogP contribution in [0.25, 0.3) is 0 Å². The van der Waals surface area contributed by atoms with E-state index in [4.69, 9.17) is 10.5 Å². The average molecular weight is 297 g/mol. The SMILES string of the molecule is CCNC(=O)NC(=O)CSc1cc(OCC)ccc1N. The van der Waals surface area contributed by atoms with Crippen molar-refractivity contribution < 1.29 is 14.3 Å². The van der Waals surface area contributed by atoms with E-state index in [-0.39, 0.29) is 11.7 Å². The van der Waals surface area contributed by atoms with Crippen LogP contribution in [0.3, 0.4) is 0 Å². The molecule has 0 fully saturated rings. The van der Waals surface area contributed by atoms with Gasteiger partial charge in [-0.15, -0.1) is 11.8 Å². The highest BCUT2D eigenvalue weighted by atomic mass is 32.2. The van der Waals surface area contributed by atoms with Crippen LogP contribution in [0.4, 0.5) is 10.5 Å². The van der Waals surface area contributed by atoms with E-state index < -0.39 is 6.03 Å². The van der Waals surface area contributed by atoms with Crippen LogP contribution in [0.2, 0.25) is 0 Å². The zero-order valence-corrected chi connectivity index (χ0v) is 12.4. The second-order valence-corrected chi connectivity index (χ2v) is 4.85. The number of benzene rings is 1. The van der Waals surface area contributed by atoms with Crippen molar-refractivity contribution in [2.45, 2.75) is 18.7 Å². The first-order valence-electron chi connectivity index (χ1n) is 6.29. The first-order chi connectivity index (χ1) is 9.56. The van der Waals surface area contributed by atoms with Gasteiger partial charge in [0.1, 0.15) is 5.75 Å². The normalized spacial score (nSPS) is 9.90. The number of nitrogens with two attached hydrogens (primary N) is 1. The molecule has 20 heavy (non-hydrogen) atoms. The first kappa shape index (κ1) is 16.2. The second kappa shape index (κ2) is 8.31. The topological polar surface area (TPSA) is 93.5 Å². The minimum absolute atomic E-state index is 0.108. The van der Waals surface area contributed by atoms with Crippen molar-refractivity contribution in [3.8, 4) is 5.75 Å². The van der Waals surface area contributed by atoms with E-state index in [1.807, 2.05) is 6.92 Å². The van der Waals surface area contributed by atoms with Gasteiger partial charge in [0.25, 0.3) is 0 Å². The second-order valence-electron chi connectivity index (χ2n) is 3.83. The highest BCUT2D eigenvalue weighted by molar-refractivity contribution is 8.00. The fourth-order valence-corrected chi connectivity index (χ4v) is 2.20. The Balaban J connectivity index is 2.54. The van der Waals surface area contributed by atoms with Crippen molar-refractivity contribution in [2.75, 3.05) is 24.6 Å². The average Bonchev–Trinajstić information content (AvgIpc) is 2.40. The molecule has 4 N–H and O–H groups in total. The Labute approximate surface area is 122 Å². The zero-order chi connectivity index (χ0) is 15.0. The molecule has 0 spiro atoms. The van der Waals surface area contributed by atoms with Gasteiger partial charge in [0.05, 0.1) is 12.4 Å². The predicted octanol–water partition coefficient (Wildman–Crippen LogP) is 1.61. The van der Waals surface area contributed by atoms with Gasteiger partial charge in [-0.3, -0.25) is 10.1 Å². The Morgan fingerprint density at radius 2 is 2.10 bits per heavy atom. The third kappa shape index (κ3) is 5.40. The monoisotopic (exact) mass is 297 g/mol. The van der Waals surface area contributed by atoms with E-state index >= 15 is 0 Å². The molecule has 0 atom stereocenters. The maximum Gasteiger partial charge on any atom is 0.321 e. The maximum absolute atomic E-state index is 11.6. The number of amides is 3. The lowest BCUT2D eigenvalue weighted by Crippen LogP contribution is -2.40. The minimum atomic E-state index is -0.492. The third-order valence-corrected chi connectivity index (χ3v) is 3.32. The van der Waals surface area contributed by atoms with E-state index in [2.05, 4.69) is 10.6 Å². The molecular weight excluding hydrogens is 278 g/mol. The standard InChI is InChI=1S/C13H19N3O3S/c1-3-15-13(18)16-12(17)8-20-11-7-9(19-4-2)5-6-10(11)14/h5-7H,3-4,8,14H2,1-2H3,(H2,15,16,17,18). The number of nitrogens with one attached hydrogen (secondary N) is 2. The van der Waals surface area contributed by atoms with E-state index in [0.29, 0.717) is 24.6 Å². The molecule has 110 valence electrons. The summed E-state index contributed by atoms with van der Waals surface area (Å²) in [7, 11) is 0. The molecule has 6 nitrogen and oxygen atoms in total. The molecule has 0 aliphatic rings. The molecule has 0 saturated carbocycles. The molecule has 0 bridgehead atoms.